The van der Waals surface area contributed by atoms with Crippen LogP contribution in [0.25, 0.3) is 0 Å². The minimum atomic E-state index is -2.03. The Morgan fingerprint density at radius 3 is 2.39 bits per heavy atom. The number of hydrogen-bond acceptors (Lipinski definition) is 6. The van der Waals surface area contributed by atoms with Crippen LogP contribution >= 0.6 is 0 Å². The van der Waals surface area contributed by atoms with Crippen LogP contribution in [0.5, 0.6) is 5.75 Å². The Kier molecular flexibility index (Phi) is 5.93. The molecule has 3 aromatic rings. The number of nitro benzene ring substituents is 1. The number of Topliss-reactive ketones (excluding diaryl/α,β-unsaturated/α-hetero) is 1. The van der Waals surface area contributed by atoms with Gasteiger partial charge in [0, 0.05) is 23.3 Å². The van der Waals surface area contributed by atoms with Gasteiger partial charge >= 0.3 is 0 Å². The average molecular weight is 446 g/mol. The smallest absolute Gasteiger partial charge is 0.269 e. The fourth-order valence-electron chi connectivity index (χ4n) is 3.89. The Balaban J connectivity index is 1.52. The Labute approximate surface area is 190 Å². The zero-order valence-electron chi connectivity index (χ0n) is 17.9. The summed E-state index contributed by atoms with van der Waals surface area (Å²) < 4.78 is 5.74. The van der Waals surface area contributed by atoms with E-state index < -0.39 is 28.6 Å². The first kappa shape index (κ1) is 22.2. The zero-order chi connectivity index (χ0) is 23.6. The molecular weight excluding hydrogens is 424 g/mol. The lowest BCUT2D eigenvalue weighted by Crippen LogP contribution is -2.43. The van der Waals surface area contributed by atoms with Crippen molar-refractivity contribution < 1.29 is 24.4 Å². The van der Waals surface area contributed by atoms with Crippen LogP contribution in [0.3, 0.4) is 0 Å². The van der Waals surface area contributed by atoms with E-state index in [1.807, 2.05) is 31.2 Å². The number of carbonyl (C=O) groups excluding carboxylic acids is 2. The number of amides is 1. The van der Waals surface area contributed by atoms with Crippen molar-refractivity contribution in [2.75, 3.05) is 18.1 Å². The molecule has 3 aromatic carbocycles. The van der Waals surface area contributed by atoms with Gasteiger partial charge in [-0.1, -0.05) is 35.9 Å². The molecule has 0 aliphatic carbocycles. The van der Waals surface area contributed by atoms with Crippen molar-refractivity contribution in [2.45, 2.75) is 18.9 Å². The predicted octanol–water partition coefficient (Wildman–Crippen LogP) is 3.79. The normalized spacial score (nSPS) is 17.0. The van der Waals surface area contributed by atoms with Crippen LogP contribution in [-0.2, 0) is 10.4 Å². The van der Waals surface area contributed by atoms with Gasteiger partial charge in [-0.2, -0.15) is 0 Å². The van der Waals surface area contributed by atoms with Crippen LogP contribution in [0.1, 0.15) is 27.9 Å². The first-order chi connectivity index (χ1) is 15.8. The molecule has 1 aliphatic rings. The molecule has 1 aliphatic heterocycles. The third-order valence-corrected chi connectivity index (χ3v) is 5.66. The van der Waals surface area contributed by atoms with Crippen LogP contribution in [0.2, 0.25) is 0 Å². The molecule has 0 aromatic heterocycles. The summed E-state index contributed by atoms with van der Waals surface area (Å²) >= 11 is 0. The molecule has 33 heavy (non-hydrogen) atoms. The van der Waals surface area contributed by atoms with Crippen LogP contribution in [-0.4, -0.2) is 34.9 Å². The highest BCUT2D eigenvalue weighted by molar-refractivity contribution is 6.10. The summed E-state index contributed by atoms with van der Waals surface area (Å²) in [4.78, 5) is 37.8. The van der Waals surface area contributed by atoms with Crippen LogP contribution in [0, 0.1) is 17.0 Å². The Morgan fingerprint density at radius 2 is 1.73 bits per heavy atom. The van der Waals surface area contributed by atoms with E-state index in [2.05, 4.69) is 0 Å². The first-order valence-electron chi connectivity index (χ1n) is 10.4. The highest BCUT2D eigenvalue weighted by Gasteiger charge is 2.50. The monoisotopic (exact) mass is 446 g/mol. The summed E-state index contributed by atoms with van der Waals surface area (Å²) in [5.74, 6) is -0.427. The fraction of sp³-hybridized carbons (Fsp3) is 0.200. The van der Waals surface area contributed by atoms with Crippen molar-refractivity contribution in [3.63, 3.8) is 0 Å². The Hall–Kier alpha value is -4.04. The van der Waals surface area contributed by atoms with Crippen LogP contribution in [0.15, 0.2) is 72.8 Å². The molecular formula is C25H22N2O6. The zero-order valence-corrected chi connectivity index (χ0v) is 17.9. The number of hydrogen-bond donors (Lipinski definition) is 1. The third-order valence-electron chi connectivity index (χ3n) is 5.66. The lowest BCUT2D eigenvalue weighted by Gasteiger charge is -2.23. The highest BCUT2D eigenvalue weighted by atomic mass is 16.6. The van der Waals surface area contributed by atoms with Gasteiger partial charge in [0.1, 0.15) is 12.4 Å². The molecule has 0 spiro atoms. The minimum Gasteiger partial charge on any atom is -0.492 e. The van der Waals surface area contributed by atoms with Gasteiger partial charge in [-0.05, 0) is 37.3 Å². The number of rotatable bonds is 8. The summed E-state index contributed by atoms with van der Waals surface area (Å²) in [6, 6.07) is 19.4. The number of aryl methyl sites for hydroxylation is 1. The van der Waals surface area contributed by atoms with Gasteiger partial charge in [-0.25, -0.2) is 0 Å². The lowest BCUT2D eigenvalue weighted by atomic mass is 9.88. The van der Waals surface area contributed by atoms with Crippen molar-refractivity contribution in [3.8, 4) is 5.75 Å². The third kappa shape index (κ3) is 4.33. The van der Waals surface area contributed by atoms with Crippen molar-refractivity contribution in [2.24, 2.45) is 0 Å². The van der Waals surface area contributed by atoms with Crippen molar-refractivity contribution in [1.29, 1.82) is 0 Å². The van der Waals surface area contributed by atoms with Gasteiger partial charge in [0.15, 0.2) is 11.4 Å². The molecule has 0 saturated carbocycles. The number of fused-ring (bicyclic) bond motifs is 1. The minimum absolute atomic E-state index is 0.146. The molecule has 8 heteroatoms. The standard InChI is InChI=1S/C25H22N2O6/c1-17-6-12-20(13-7-17)33-15-14-26-22-5-3-2-4-21(22)25(30,24(26)29)16-23(28)18-8-10-19(11-9-18)27(31)32/h2-13,30H,14-16H2,1H3. The molecule has 168 valence electrons. The van der Waals surface area contributed by atoms with Crippen molar-refractivity contribution >= 4 is 23.1 Å². The van der Waals surface area contributed by atoms with Crippen molar-refractivity contribution in [3.05, 3.63) is 99.6 Å². The molecule has 0 saturated heterocycles. The fourth-order valence-corrected chi connectivity index (χ4v) is 3.89. The van der Waals surface area contributed by atoms with E-state index in [0.717, 1.165) is 5.56 Å². The van der Waals surface area contributed by atoms with E-state index in [0.29, 0.717) is 17.0 Å². The molecule has 4 rings (SSSR count). The van der Waals surface area contributed by atoms with Crippen molar-refractivity contribution in [1.82, 2.24) is 0 Å². The molecule has 0 bridgehead atoms. The maximum Gasteiger partial charge on any atom is 0.269 e. The number of nitro groups is 1. The van der Waals surface area contributed by atoms with Gasteiger partial charge in [0.05, 0.1) is 23.6 Å². The second-order valence-corrected chi connectivity index (χ2v) is 7.90. The molecule has 1 unspecified atom stereocenters. The molecule has 1 heterocycles. The van der Waals surface area contributed by atoms with Gasteiger partial charge in [0.2, 0.25) is 0 Å². The first-order valence-corrected chi connectivity index (χ1v) is 10.4. The summed E-state index contributed by atoms with van der Waals surface area (Å²) in [6.45, 7) is 2.37. The van der Waals surface area contributed by atoms with E-state index >= 15 is 0 Å². The Bertz CT molecular complexity index is 1210. The second kappa shape index (κ2) is 8.84. The average Bonchev–Trinajstić information content (AvgIpc) is 3.02. The number of ether oxygens (including phenoxy) is 1. The van der Waals surface area contributed by atoms with Gasteiger partial charge in [0.25, 0.3) is 11.6 Å². The summed E-state index contributed by atoms with van der Waals surface area (Å²) in [7, 11) is 0. The molecule has 0 radical (unpaired) electrons. The van der Waals surface area contributed by atoms with Crippen LogP contribution < -0.4 is 9.64 Å². The van der Waals surface area contributed by atoms with E-state index in [-0.39, 0.29) is 24.4 Å². The summed E-state index contributed by atoms with van der Waals surface area (Å²) in [6.07, 6.45) is -0.476. The number of nitrogens with zero attached hydrogens (tertiary/aromatic N) is 2. The number of para-hydroxylation sites is 1. The molecule has 1 amide bonds. The van der Waals surface area contributed by atoms with Gasteiger partial charge in [-0.3, -0.25) is 19.7 Å². The highest BCUT2D eigenvalue weighted by Crippen LogP contribution is 2.42. The number of anilines is 1. The maximum absolute atomic E-state index is 13.3. The largest absolute Gasteiger partial charge is 0.492 e. The van der Waals surface area contributed by atoms with E-state index in [1.165, 1.54) is 29.2 Å². The number of aliphatic hydroxyl groups is 1. The van der Waals surface area contributed by atoms with Gasteiger partial charge in [-0.15, -0.1) is 0 Å². The molecule has 8 nitrogen and oxygen atoms in total. The number of non-ortho nitro benzene ring substituents is 1. The molecule has 1 N–H and O–H groups in total. The van der Waals surface area contributed by atoms with E-state index in [9.17, 15) is 24.8 Å². The van der Waals surface area contributed by atoms with E-state index in [1.54, 1.807) is 24.3 Å². The van der Waals surface area contributed by atoms with Crippen LogP contribution in [0.4, 0.5) is 11.4 Å². The quantitative estimate of drug-likeness (QED) is 0.320. The number of carbonyl (C=O) groups is 2. The maximum atomic E-state index is 13.3. The van der Waals surface area contributed by atoms with E-state index in [4.69, 9.17) is 4.74 Å². The molecule has 0 fully saturated rings. The second-order valence-electron chi connectivity index (χ2n) is 7.90. The number of ketones is 1. The Morgan fingerprint density at radius 1 is 1.06 bits per heavy atom. The topological polar surface area (TPSA) is 110 Å². The van der Waals surface area contributed by atoms with Gasteiger partial charge < -0.3 is 14.7 Å². The number of benzene rings is 3. The molecule has 1 atom stereocenters. The summed E-state index contributed by atoms with van der Waals surface area (Å²) in [5, 5.41) is 22.2. The predicted molar refractivity (Wildman–Crippen MR) is 121 cm³/mol. The lowest BCUT2D eigenvalue weighted by molar-refractivity contribution is -0.384. The summed E-state index contributed by atoms with van der Waals surface area (Å²) in [5.41, 5.74) is -0.0182. The SMILES string of the molecule is Cc1ccc(OCCN2C(=O)C(O)(CC(=O)c3ccc([N+](=O)[O-])cc3)c3ccccc32)cc1.